The molecule has 14 heavy (non-hydrogen) atoms. The van der Waals surface area contributed by atoms with Crippen molar-refractivity contribution in [1.29, 1.82) is 0 Å². The molecule has 1 aromatic heterocycles. The first-order valence-electron chi connectivity index (χ1n) is 4.49. The maximum Gasteiger partial charge on any atom is 0.0750 e. The molecule has 0 saturated heterocycles. The van der Waals surface area contributed by atoms with Crippen LogP contribution in [0.5, 0.6) is 0 Å². The van der Waals surface area contributed by atoms with Gasteiger partial charge in [0.15, 0.2) is 0 Å². The molecule has 1 heterocycles. The second-order valence-corrected chi connectivity index (χ2v) is 3.80. The SMILES string of the molecule is Nc1cncc(Br)c1NCCCCO. The molecule has 4 nitrogen and oxygen atoms in total. The van der Waals surface area contributed by atoms with Crippen LogP contribution in [0.2, 0.25) is 0 Å². The minimum absolute atomic E-state index is 0.231. The van der Waals surface area contributed by atoms with Crippen molar-refractivity contribution in [2.45, 2.75) is 12.8 Å². The third-order valence-electron chi connectivity index (χ3n) is 1.82. The summed E-state index contributed by atoms with van der Waals surface area (Å²) in [6, 6.07) is 0. The first-order valence-corrected chi connectivity index (χ1v) is 5.28. The molecule has 1 aromatic rings. The summed E-state index contributed by atoms with van der Waals surface area (Å²) in [5.41, 5.74) is 7.23. The summed E-state index contributed by atoms with van der Waals surface area (Å²) < 4.78 is 0.862. The number of unbranched alkanes of at least 4 members (excludes halogenated alkanes) is 1. The van der Waals surface area contributed by atoms with Gasteiger partial charge in [-0.15, -0.1) is 0 Å². The highest BCUT2D eigenvalue weighted by molar-refractivity contribution is 9.10. The molecule has 0 spiro atoms. The Kier molecular flexibility index (Phi) is 4.69. The smallest absolute Gasteiger partial charge is 0.0750 e. The number of nitrogens with one attached hydrogen (secondary N) is 1. The molecule has 0 unspecified atom stereocenters. The number of aliphatic hydroxyl groups excluding tert-OH is 1. The molecule has 0 aliphatic carbocycles. The average molecular weight is 260 g/mol. The van der Waals surface area contributed by atoms with Crippen LogP contribution in [0.25, 0.3) is 0 Å². The van der Waals surface area contributed by atoms with Gasteiger partial charge in [-0.25, -0.2) is 0 Å². The van der Waals surface area contributed by atoms with E-state index >= 15 is 0 Å². The minimum atomic E-state index is 0.231. The predicted octanol–water partition coefficient (Wildman–Crippen LogP) is 1.61. The average Bonchev–Trinajstić information content (AvgIpc) is 2.16. The summed E-state index contributed by atoms with van der Waals surface area (Å²) in [5.74, 6) is 0. The third-order valence-corrected chi connectivity index (χ3v) is 2.42. The lowest BCUT2D eigenvalue weighted by molar-refractivity contribution is 0.286. The van der Waals surface area contributed by atoms with Crippen molar-refractivity contribution >= 4 is 27.3 Å². The van der Waals surface area contributed by atoms with E-state index in [1.165, 1.54) is 0 Å². The largest absolute Gasteiger partial charge is 0.396 e. The third kappa shape index (κ3) is 3.16. The number of rotatable bonds is 5. The number of aromatic nitrogens is 1. The lowest BCUT2D eigenvalue weighted by atomic mass is 10.3. The Balaban J connectivity index is 2.49. The molecule has 0 aliphatic rings. The van der Waals surface area contributed by atoms with E-state index in [4.69, 9.17) is 10.8 Å². The molecular weight excluding hydrogens is 246 g/mol. The van der Waals surface area contributed by atoms with Gasteiger partial charge in [-0.05, 0) is 28.8 Å². The van der Waals surface area contributed by atoms with Gasteiger partial charge in [-0.2, -0.15) is 0 Å². The molecule has 0 atom stereocenters. The fraction of sp³-hybridized carbons (Fsp3) is 0.444. The summed E-state index contributed by atoms with van der Waals surface area (Å²) in [6.07, 6.45) is 5.03. The van der Waals surface area contributed by atoms with Gasteiger partial charge in [0.2, 0.25) is 0 Å². The number of hydrogen-bond donors (Lipinski definition) is 3. The van der Waals surface area contributed by atoms with Crippen LogP contribution in [0.4, 0.5) is 11.4 Å². The first-order chi connectivity index (χ1) is 6.75. The monoisotopic (exact) mass is 259 g/mol. The minimum Gasteiger partial charge on any atom is -0.396 e. The van der Waals surface area contributed by atoms with Crippen LogP contribution in [0.15, 0.2) is 16.9 Å². The van der Waals surface area contributed by atoms with Crippen LogP contribution in [-0.2, 0) is 0 Å². The van der Waals surface area contributed by atoms with Crippen molar-refractivity contribution in [2.75, 3.05) is 24.2 Å². The zero-order chi connectivity index (χ0) is 10.4. The second-order valence-electron chi connectivity index (χ2n) is 2.94. The first kappa shape index (κ1) is 11.3. The van der Waals surface area contributed by atoms with Crippen molar-refractivity contribution in [2.24, 2.45) is 0 Å². The van der Waals surface area contributed by atoms with Gasteiger partial charge in [-0.1, -0.05) is 0 Å². The molecule has 0 aromatic carbocycles. The maximum absolute atomic E-state index is 8.60. The molecule has 5 heteroatoms. The summed E-state index contributed by atoms with van der Waals surface area (Å²) in [6.45, 7) is 1.03. The molecule has 0 saturated carbocycles. The van der Waals surface area contributed by atoms with Crippen LogP contribution in [0.3, 0.4) is 0 Å². The number of pyridine rings is 1. The lowest BCUT2D eigenvalue weighted by Crippen LogP contribution is -2.05. The van der Waals surface area contributed by atoms with E-state index < -0.39 is 0 Å². The molecule has 78 valence electrons. The van der Waals surface area contributed by atoms with E-state index in [-0.39, 0.29) is 6.61 Å². The summed E-state index contributed by atoms with van der Waals surface area (Å²) in [7, 11) is 0. The molecule has 0 fully saturated rings. The highest BCUT2D eigenvalue weighted by Gasteiger charge is 2.02. The number of nitrogens with two attached hydrogens (primary N) is 1. The Morgan fingerprint density at radius 2 is 2.21 bits per heavy atom. The fourth-order valence-electron chi connectivity index (χ4n) is 1.09. The van der Waals surface area contributed by atoms with Gasteiger partial charge in [0.25, 0.3) is 0 Å². The zero-order valence-electron chi connectivity index (χ0n) is 7.83. The predicted molar refractivity (Wildman–Crippen MR) is 61.2 cm³/mol. The van der Waals surface area contributed by atoms with Crippen LogP contribution in [0, 0.1) is 0 Å². The van der Waals surface area contributed by atoms with E-state index in [9.17, 15) is 0 Å². The molecule has 1 rings (SSSR count). The van der Waals surface area contributed by atoms with E-state index in [1.54, 1.807) is 12.4 Å². The van der Waals surface area contributed by atoms with Crippen LogP contribution in [0.1, 0.15) is 12.8 Å². The van der Waals surface area contributed by atoms with Crippen molar-refractivity contribution in [1.82, 2.24) is 4.98 Å². The van der Waals surface area contributed by atoms with Crippen molar-refractivity contribution in [3.8, 4) is 0 Å². The van der Waals surface area contributed by atoms with Crippen LogP contribution >= 0.6 is 15.9 Å². The summed E-state index contributed by atoms with van der Waals surface area (Å²) in [5, 5.41) is 11.8. The van der Waals surface area contributed by atoms with E-state index in [2.05, 4.69) is 26.2 Å². The Hall–Kier alpha value is -0.810. The highest BCUT2D eigenvalue weighted by Crippen LogP contribution is 2.26. The quantitative estimate of drug-likeness (QED) is 0.703. The van der Waals surface area contributed by atoms with Gasteiger partial charge in [0, 0.05) is 19.3 Å². The Bertz CT molecular complexity index is 273. The number of halogens is 1. The number of anilines is 2. The normalized spacial score (nSPS) is 10.1. The lowest BCUT2D eigenvalue weighted by Gasteiger charge is -2.09. The fourth-order valence-corrected chi connectivity index (χ4v) is 1.57. The Labute approximate surface area is 91.7 Å². The van der Waals surface area contributed by atoms with Crippen LogP contribution in [-0.4, -0.2) is 23.2 Å². The maximum atomic E-state index is 8.60. The van der Waals surface area contributed by atoms with Gasteiger partial charge >= 0.3 is 0 Å². The zero-order valence-corrected chi connectivity index (χ0v) is 9.42. The van der Waals surface area contributed by atoms with Gasteiger partial charge < -0.3 is 16.2 Å². The molecule has 0 amide bonds. The Morgan fingerprint density at radius 3 is 2.86 bits per heavy atom. The van der Waals surface area contributed by atoms with E-state index in [0.29, 0.717) is 5.69 Å². The molecule has 0 radical (unpaired) electrons. The van der Waals surface area contributed by atoms with Gasteiger partial charge in [-0.3, -0.25) is 4.98 Å². The second kappa shape index (κ2) is 5.82. The molecule has 4 N–H and O–H groups in total. The van der Waals surface area contributed by atoms with E-state index in [1.807, 2.05) is 0 Å². The summed E-state index contributed by atoms with van der Waals surface area (Å²) in [4.78, 5) is 3.94. The molecule has 0 aliphatic heterocycles. The van der Waals surface area contributed by atoms with Gasteiger partial charge in [0.05, 0.1) is 22.0 Å². The Morgan fingerprint density at radius 1 is 1.43 bits per heavy atom. The van der Waals surface area contributed by atoms with Crippen LogP contribution < -0.4 is 11.1 Å². The molecular formula is C9H14BrN3O. The molecule has 0 bridgehead atoms. The topological polar surface area (TPSA) is 71.2 Å². The van der Waals surface area contributed by atoms with E-state index in [0.717, 1.165) is 29.5 Å². The number of nitrogens with zero attached hydrogens (tertiary/aromatic N) is 1. The standard InChI is InChI=1S/C9H14BrN3O/c10-7-5-12-6-8(11)9(7)13-3-1-2-4-14/h5-6,14H,1-4,11H2,(H,12,13). The van der Waals surface area contributed by atoms with Crippen molar-refractivity contribution in [3.05, 3.63) is 16.9 Å². The number of aliphatic hydroxyl groups is 1. The van der Waals surface area contributed by atoms with Crippen molar-refractivity contribution < 1.29 is 5.11 Å². The number of hydrogen-bond acceptors (Lipinski definition) is 4. The number of nitrogen functional groups attached to an aromatic ring is 1. The van der Waals surface area contributed by atoms with Crippen molar-refractivity contribution in [3.63, 3.8) is 0 Å². The van der Waals surface area contributed by atoms with Gasteiger partial charge in [0.1, 0.15) is 0 Å². The highest BCUT2D eigenvalue weighted by atomic mass is 79.9. The summed E-state index contributed by atoms with van der Waals surface area (Å²) >= 11 is 3.36.